The van der Waals surface area contributed by atoms with Gasteiger partial charge in [-0.05, 0) is 34.1 Å². The molecule has 0 aliphatic heterocycles. The Bertz CT molecular complexity index is 676. The molecule has 2 heterocycles. The highest BCUT2D eigenvalue weighted by Crippen LogP contribution is 2.28. The number of aliphatic hydroxyl groups is 1. The van der Waals surface area contributed by atoms with Crippen molar-refractivity contribution in [3.05, 3.63) is 64.5 Å². The van der Waals surface area contributed by atoms with E-state index in [9.17, 15) is 5.11 Å². The summed E-state index contributed by atoms with van der Waals surface area (Å²) in [6.07, 6.45) is 2.81. The number of rotatable bonds is 2. The van der Waals surface area contributed by atoms with Gasteiger partial charge in [0.1, 0.15) is 6.10 Å². The van der Waals surface area contributed by atoms with Crippen molar-refractivity contribution >= 4 is 26.8 Å². The summed E-state index contributed by atoms with van der Waals surface area (Å²) < 4.78 is 0.900. The lowest BCUT2D eigenvalue weighted by molar-refractivity contribution is 0.217. The number of benzene rings is 1. The molecule has 0 spiro atoms. The van der Waals surface area contributed by atoms with Crippen LogP contribution >= 0.6 is 15.9 Å². The Labute approximate surface area is 113 Å². The van der Waals surface area contributed by atoms with Crippen molar-refractivity contribution in [2.75, 3.05) is 0 Å². The van der Waals surface area contributed by atoms with Gasteiger partial charge in [0.15, 0.2) is 0 Å². The maximum absolute atomic E-state index is 10.4. The van der Waals surface area contributed by atoms with E-state index in [0.29, 0.717) is 5.69 Å². The minimum Gasteiger partial charge on any atom is -0.382 e. The summed E-state index contributed by atoms with van der Waals surface area (Å²) in [5.74, 6) is 0. The van der Waals surface area contributed by atoms with Crippen LogP contribution < -0.4 is 0 Å². The number of hydrogen-bond donors (Lipinski definition) is 2. The zero-order chi connectivity index (χ0) is 12.5. The molecule has 0 aliphatic carbocycles. The molecule has 18 heavy (non-hydrogen) atoms. The maximum atomic E-state index is 10.4. The lowest BCUT2D eigenvalue weighted by atomic mass is 10.1. The van der Waals surface area contributed by atoms with E-state index in [1.54, 1.807) is 6.20 Å². The fourth-order valence-corrected chi connectivity index (χ4v) is 2.26. The number of aliphatic hydroxyl groups excluding tert-OH is 1. The van der Waals surface area contributed by atoms with Gasteiger partial charge in [0.2, 0.25) is 0 Å². The number of H-pyrrole nitrogens is 1. The molecule has 3 nitrogen and oxygen atoms in total. The van der Waals surface area contributed by atoms with Crippen molar-refractivity contribution in [2.45, 2.75) is 6.10 Å². The zero-order valence-corrected chi connectivity index (χ0v) is 11.1. The molecule has 0 radical (unpaired) electrons. The van der Waals surface area contributed by atoms with Crippen LogP contribution in [0.1, 0.15) is 17.4 Å². The van der Waals surface area contributed by atoms with Crippen molar-refractivity contribution in [1.82, 2.24) is 9.97 Å². The van der Waals surface area contributed by atoms with E-state index in [1.807, 2.05) is 42.6 Å². The monoisotopic (exact) mass is 302 g/mol. The van der Waals surface area contributed by atoms with Gasteiger partial charge in [-0.2, -0.15) is 0 Å². The molecule has 3 rings (SSSR count). The highest BCUT2D eigenvalue weighted by atomic mass is 79.9. The summed E-state index contributed by atoms with van der Waals surface area (Å²) in [7, 11) is 0. The first kappa shape index (κ1) is 11.4. The molecule has 0 fully saturated rings. The van der Waals surface area contributed by atoms with E-state index in [2.05, 4.69) is 25.9 Å². The molecule has 1 unspecified atom stereocenters. The van der Waals surface area contributed by atoms with Crippen LogP contribution in [0, 0.1) is 0 Å². The average molecular weight is 303 g/mol. The summed E-state index contributed by atoms with van der Waals surface area (Å²) in [6.45, 7) is 0. The smallest absolute Gasteiger partial charge is 0.123 e. The third kappa shape index (κ3) is 1.94. The second-order valence-electron chi connectivity index (χ2n) is 4.09. The maximum Gasteiger partial charge on any atom is 0.123 e. The van der Waals surface area contributed by atoms with Gasteiger partial charge >= 0.3 is 0 Å². The first-order chi connectivity index (χ1) is 8.75. The average Bonchev–Trinajstić information content (AvgIpc) is 2.82. The zero-order valence-electron chi connectivity index (χ0n) is 9.47. The number of pyridine rings is 1. The molecule has 0 saturated carbocycles. The van der Waals surface area contributed by atoms with Crippen molar-refractivity contribution in [3.63, 3.8) is 0 Å². The third-order valence-electron chi connectivity index (χ3n) is 2.95. The molecule has 1 aromatic carbocycles. The number of nitrogens with one attached hydrogen (secondary N) is 1. The predicted molar refractivity (Wildman–Crippen MR) is 74.3 cm³/mol. The van der Waals surface area contributed by atoms with Crippen LogP contribution in [0.15, 0.2) is 53.3 Å². The normalized spacial score (nSPS) is 12.8. The number of halogens is 1. The van der Waals surface area contributed by atoms with E-state index in [1.165, 1.54) is 0 Å². The summed E-state index contributed by atoms with van der Waals surface area (Å²) in [5.41, 5.74) is 2.51. The lowest BCUT2D eigenvalue weighted by Gasteiger charge is -2.09. The minimum absolute atomic E-state index is 0.642. The SMILES string of the molecule is OC(c1ccc(Br)cn1)c1c[nH]c2ccccc12. The molecule has 2 aromatic heterocycles. The van der Waals surface area contributed by atoms with Gasteiger partial charge in [0.05, 0.1) is 5.69 Å². The van der Waals surface area contributed by atoms with Crippen LogP contribution in [0.4, 0.5) is 0 Å². The van der Waals surface area contributed by atoms with Crippen molar-refractivity contribution < 1.29 is 5.11 Å². The second kappa shape index (κ2) is 4.55. The second-order valence-corrected chi connectivity index (χ2v) is 5.01. The van der Waals surface area contributed by atoms with Crippen molar-refractivity contribution in [3.8, 4) is 0 Å². The number of aromatic amines is 1. The first-order valence-corrected chi connectivity index (χ1v) is 6.40. The molecule has 1 atom stereocenters. The van der Waals surface area contributed by atoms with Gasteiger partial charge in [-0.1, -0.05) is 18.2 Å². The van der Waals surface area contributed by atoms with Crippen molar-refractivity contribution in [1.29, 1.82) is 0 Å². The summed E-state index contributed by atoms with van der Waals surface area (Å²) in [4.78, 5) is 7.38. The Morgan fingerprint density at radius 1 is 1.17 bits per heavy atom. The fourth-order valence-electron chi connectivity index (χ4n) is 2.03. The first-order valence-electron chi connectivity index (χ1n) is 5.61. The molecule has 2 N–H and O–H groups in total. The third-order valence-corrected chi connectivity index (χ3v) is 3.42. The molecule has 0 saturated heterocycles. The Balaban J connectivity index is 2.06. The number of hydrogen-bond acceptors (Lipinski definition) is 2. The highest BCUT2D eigenvalue weighted by Gasteiger charge is 2.15. The molecular weight excluding hydrogens is 292 g/mol. The van der Waals surface area contributed by atoms with E-state index in [-0.39, 0.29) is 0 Å². The highest BCUT2D eigenvalue weighted by molar-refractivity contribution is 9.10. The molecule has 4 heteroatoms. The molecule has 0 bridgehead atoms. The van der Waals surface area contributed by atoms with Gasteiger partial charge in [0.25, 0.3) is 0 Å². The van der Waals surface area contributed by atoms with Gasteiger partial charge in [-0.15, -0.1) is 0 Å². The standard InChI is InChI=1S/C14H11BrN2O/c15-9-5-6-13(16-7-9)14(18)11-8-17-12-4-2-1-3-10(11)12/h1-8,14,17-18H. The topological polar surface area (TPSA) is 48.9 Å². The largest absolute Gasteiger partial charge is 0.382 e. The number of fused-ring (bicyclic) bond motifs is 1. The minimum atomic E-state index is -0.714. The van der Waals surface area contributed by atoms with Gasteiger partial charge in [-0.3, -0.25) is 4.98 Å². The van der Waals surface area contributed by atoms with E-state index >= 15 is 0 Å². The van der Waals surface area contributed by atoms with E-state index < -0.39 is 6.10 Å². The number of para-hydroxylation sites is 1. The number of nitrogens with zero attached hydrogens (tertiary/aromatic N) is 1. The Morgan fingerprint density at radius 3 is 2.78 bits per heavy atom. The Kier molecular flexibility index (Phi) is 2.89. The molecule has 0 aliphatic rings. The van der Waals surface area contributed by atoms with Crippen LogP contribution in [0.2, 0.25) is 0 Å². The molecular formula is C14H11BrN2O. The molecule has 90 valence electrons. The van der Waals surface area contributed by atoms with Crippen LogP contribution in [-0.2, 0) is 0 Å². The summed E-state index contributed by atoms with van der Waals surface area (Å²) >= 11 is 3.33. The van der Waals surface area contributed by atoms with Crippen LogP contribution in [0.25, 0.3) is 10.9 Å². The number of aromatic nitrogens is 2. The predicted octanol–water partition coefficient (Wildman–Crippen LogP) is 3.41. The van der Waals surface area contributed by atoms with E-state index in [0.717, 1.165) is 20.9 Å². The van der Waals surface area contributed by atoms with Crippen LogP contribution in [0.5, 0.6) is 0 Å². The lowest BCUT2D eigenvalue weighted by Crippen LogP contribution is -2.01. The van der Waals surface area contributed by atoms with Gasteiger partial charge in [-0.25, -0.2) is 0 Å². The van der Waals surface area contributed by atoms with Gasteiger partial charge in [0, 0.05) is 33.3 Å². The Hall–Kier alpha value is -1.65. The quantitative estimate of drug-likeness (QED) is 0.762. The Morgan fingerprint density at radius 2 is 2.00 bits per heavy atom. The summed E-state index contributed by atoms with van der Waals surface area (Å²) in [6, 6.07) is 11.6. The molecule has 3 aromatic rings. The van der Waals surface area contributed by atoms with Crippen molar-refractivity contribution in [2.24, 2.45) is 0 Å². The van der Waals surface area contributed by atoms with Crippen LogP contribution in [-0.4, -0.2) is 15.1 Å². The van der Waals surface area contributed by atoms with E-state index in [4.69, 9.17) is 0 Å². The molecule has 0 amide bonds. The van der Waals surface area contributed by atoms with Crippen LogP contribution in [0.3, 0.4) is 0 Å². The van der Waals surface area contributed by atoms with Gasteiger partial charge < -0.3 is 10.1 Å². The fraction of sp³-hybridized carbons (Fsp3) is 0.0714. The summed E-state index contributed by atoms with van der Waals surface area (Å²) in [5, 5.41) is 11.4.